The van der Waals surface area contributed by atoms with Crippen molar-refractivity contribution in [1.82, 2.24) is 20.1 Å². The summed E-state index contributed by atoms with van der Waals surface area (Å²) < 4.78 is 41.5. The van der Waals surface area contributed by atoms with Gasteiger partial charge in [-0.3, -0.25) is 14.5 Å². The van der Waals surface area contributed by atoms with Crippen molar-refractivity contribution in [3.8, 4) is 11.3 Å². The number of piperazine rings is 1. The van der Waals surface area contributed by atoms with E-state index in [0.29, 0.717) is 47.0 Å². The number of amidine groups is 1. The first kappa shape index (κ1) is 30.0. The highest BCUT2D eigenvalue weighted by Gasteiger charge is 2.32. The van der Waals surface area contributed by atoms with Crippen LogP contribution in [0.1, 0.15) is 52.4 Å². The SMILES string of the molecule is CCN1CCN(Cc2cc(NC(=O)c3ccc(C)c(-c4ccc5c(n4)N=C(NC(=O)C4CC4)C5)c3)cc(C(F)(F)F)c2)CC1. The molecule has 2 aliphatic heterocycles. The van der Waals surface area contributed by atoms with Gasteiger partial charge in [-0.25, -0.2) is 9.98 Å². The average molecular weight is 605 g/mol. The number of likely N-dealkylation sites (N-methyl/N-ethyl adjacent to an activating group) is 1. The zero-order chi connectivity index (χ0) is 31.0. The predicted octanol–water partition coefficient (Wildman–Crippen LogP) is 5.58. The quantitative estimate of drug-likeness (QED) is 0.368. The Balaban J connectivity index is 1.20. The molecule has 0 unspecified atom stereocenters. The largest absolute Gasteiger partial charge is 0.416 e. The van der Waals surface area contributed by atoms with Crippen LogP contribution in [0.15, 0.2) is 53.5 Å². The average Bonchev–Trinajstić information content (AvgIpc) is 3.77. The maximum absolute atomic E-state index is 13.8. The highest BCUT2D eigenvalue weighted by atomic mass is 19.4. The number of amides is 2. The summed E-state index contributed by atoms with van der Waals surface area (Å²) in [7, 11) is 0. The Labute approximate surface area is 254 Å². The highest BCUT2D eigenvalue weighted by Crippen LogP contribution is 2.34. The third kappa shape index (κ3) is 6.84. The monoisotopic (exact) mass is 604 g/mol. The van der Waals surface area contributed by atoms with E-state index in [2.05, 4.69) is 32.3 Å². The number of nitrogens with one attached hydrogen (secondary N) is 2. The van der Waals surface area contributed by atoms with E-state index in [1.54, 1.807) is 24.3 Å². The topological polar surface area (TPSA) is 89.9 Å². The lowest BCUT2D eigenvalue weighted by molar-refractivity contribution is -0.137. The summed E-state index contributed by atoms with van der Waals surface area (Å²) in [5.74, 6) is 0.655. The fourth-order valence-corrected chi connectivity index (χ4v) is 5.66. The molecule has 3 heterocycles. The van der Waals surface area contributed by atoms with Crippen LogP contribution in [0, 0.1) is 12.8 Å². The van der Waals surface area contributed by atoms with E-state index in [1.807, 2.05) is 19.1 Å². The molecule has 0 bridgehead atoms. The number of aryl methyl sites for hydroxylation is 1. The minimum atomic E-state index is -4.55. The van der Waals surface area contributed by atoms with Gasteiger partial charge in [0.15, 0.2) is 5.82 Å². The van der Waals surface area contributed by atoms with Crippen molar-refractivity contribution in [3.05, 3.63) is 76.3 Å². The predicted molar refractivity (Wildman–Crippen MR) is 163 cm³/mol. The number of fused-ring (bicyclic) bond motifs is 1. The molecule has 2 aromatic carbocycles. The van der Waals surface area contributed by atoms with Gasteiger partial charge in [0.2, 0.25) is 5.91 Å². The maximum atomic E-state index is 13.8. The molecule has 2 fully saturated rings. The summed E-state index contributed by atoms with van der Waals surface area (Å²) in [5.41, 5.74) is 3.20. The number of aliphatic imine (C=N–C) groups is 1. The van der Waals surface area contributed by atoms with Crippen LogP contribution in [0.4, 0.5) is 24.7 Å². The number of pyridine rings is 1. The lowest BCUT2D eigenvalue weighted by Gasteiger charge is -2.34. The summed E-state index contributed by atoms with van der Waals surface area (Å²) in [4.78, 5) is 39.2. The first-order chi connectivity index (χ1) is 21.1. The summed E-state index contributed by atoms with van der Waals surface area (Å²) in [6.45, 7) is 8.61. The van der Waals surface area contributed by atoms with Crippen LogP contribution in [-0.4, -0.2) is 65.2 Å². The Bertz CT molecular complexity index is 1620. The number of aromatic nitrogens is 1. The first-order valence-electron chi connectivity index (χ1n) is 15.0. The van der Waals surface area contributed by atoms with Crippen LogP contribution < -0.4 is 10.6 Å². The van der Waals surface area contributed by atoms with E-state index in [0.717, 1.165) is 68.8 Å². The molecule has 3 aromatic rings. The molecule has 11 heteroatoms. The molecule has 8 nitrogen and oxygen atoms in total. The molecule has 0 atom stereocenters. The molecule has 6 rings (SSSR count). The third-order valence-electron chi connectivity index (χ3n) is 8.44. The standard InChI is InChI=1S/C33H35F3N6O2/c1-3-41-10-12-42(13-11-41)19-21-14-25(33(34,35)36)18-26(15-21)37-32(44)24-5-4-20(2)27(16-24)28-9-8-23-17-29(39-30(23)38-28)40-31(43)22-6-7-22/h4-5,8-9,14-16,18,22H,3,6-7,10-13,17,19H2,1-2H3,(H,37,44)(H,38,39,40,43). The van der Waals surface area contributed by atoms with Gasteiger partial charge in [0.05, 0.1) is 11.3 Å². The normalized spacial score (nSPS) is 17.2. The number of carbonyl (C=O) groups excluding carboxylic acids is 2. The molecule has 3 aliphatic rings. The second-order valence-electron chi connectivity index (χ2n) is 11.8. The number of halogens is 3. The molecular weight excluding hydrogens is 569 g/mol. The Hall–Kier alpha value is -4.09. The number of rotatable bonds is 7. The van der Waals surface area contributed by atoms with Crippen LogP contribution in [0.2, 0.25) is 0 Å². The van der Waals surface area contributed by atoms with E-state index >= 15 is 0 Å². The summed E-state index contributed by atoms with van der Waals surface area (Å²) in [6.07, 6.45) is -2.24. The van der Waals surface area contributed by atoms with E-state index in [4.69, 9.17) is 4.98 Å². The molecule has 230 valence electrons. The highest BCUT2D eigenvalue weighted by molar-refractivity contribution is 6.05. The maximum Gasteiger partial charge on any atom is 0.416 e. The summed E-state index contributed by atoms with van der Waals surface area (Å²) in [5, 5.41) is 5.59. The summed E-state index contributed by atoms with van der Waals surface area (Å²) in [6, 6.07) is 12.6. The van der Waals surface area contributed by atoms with Crippen LogP contribution in [0.25, 0.3) is 11.3 Å². The van der Waals surface area contributed by atoms with Gasteiger partial charge in [-0.1, -0.05) is 19.1 Å². The number of anilines is 1. The lowest BCUT2D eigenvalue weighted by atomic mass is 10.0. The van der Waals surface area contributed by atoms with Gasteiger partial charge in [-0.2, -0.15) is 13.2 Å². The fraction of sp³-hybridized carbons (Fsp3) is 0.394. The van der Waals surface area contributed by atoms with Crippen molar-refractivity contribution >= 4 is 29.2 Å². The minimum absolute atomic E-state index is 0.00552. The van der Waals surface area contributed by atoms with Crippen molar-refractivity contribution in [3.63, 3.8) is 0 Å². The second-order valence-corrected chi connectivity index (χ2v) is 11.8. The van der Waals surface area contributed by atoms with E-state index in [1.165, 1.54) is 0 Å². The van der Waals surface area contributed by atoms with Gasteiger partial charge in [-0.05, 0) is 73.8 Å². The molecule has 44 heavy (non-hydrogen) atoms. The number of hydrogen-bond acceptors (Lipinski definition) is 6. The van der Waals surface area contributed by atoms with Gasteiger partial charge in [0.1, 0.15) is 5.84 Å². The number of hydrogen-bond donors (Lipinski definition) is 2. The van der Waals surface area contributed by atoms with Crippen molar-refractivity contribution in [2.24, 2.45) is 10.9 Å². The molecule has 2 amide bonds. The first-order valence-corrected chi connectivity index (χ1v) is 15.0. The van der Waals surface area contributed by atoms with Crippen molar-refractivity contribution in [2.45, 2.75) is 45.8 Å². The lowest BCUT2D eigenvalue weighted by Crippen LogP contribution is -2.45. The number of benzene rings is 2. The Kier molecular flexibility index (Phi) is 8.26. The molecule has 0 radical (unpaired) electrons. The van der Waals surface area contributed by atoms with E-state index in [9.17, 15) is 22.8 Å². The smallest absolute Gasteiger partial charge is 0.322 e. The Morgan fingerprint density at radius 2 is 1.70 bits per heavy atom. The molecule has 1 aromatic heterocycles. The van der Waals surface area contributed by atoms with E-state index in [-0.39, 0.29) is 17.5 Å². The Morgan fingerprint density at radius 1 is 0.955 bits per heavy atom. The van der Waals surface area contributed by atoms with E-state index < -0.39 is 17.6 Å². The molecular formula is C33H35F3N6O2. The number of nitrogens with zero attached hydrogens (tertiary/aromatic N) is 4. The third-order valence-corrected chi connectivity index (χ3v) is 8.44. The Morgan fingerprint density at radius 3 is 2.41 bits per heavy atom. The van der Waals surface area contributed by atoms with Crippen LogP contribution in [0.3, 0.4) is 0 Å². The zero-order valence-corrected chi connectivity index (χ0v) is 24.8. The van der Waals surface area contributed by atoms with Gasteiger partial charge in [-0.15, -0.1) is 0 Å². The van der Waals surface area contributed by atoms with Crippen LogP contribution in [0.5, 0.6) is 0 Å². The van der Waals surface area contributed by atoms with Crippen molar-refractivity contribution in [2.75, 3.05) is 38.0 Å². The van der Waals surface area contributed by atoms with Crippen molar-refractivity contribution in [1.29, 1.82) is 0 Å². The van der Waals surface area contributed by atoms with Crippen LogP contribution in [-0.2, 0) is 23.9 Å². The molecule has 1 aliphatic carbocycles. The second kappa shape index (κ2) is 12.1. The number of alkyl halides is 3. The number of carbonyl (C=O) groups is 2. The van der Waals surface area contributed by atoms with Gasteiger partial charge >= 0.3 is 6.18 Å². The fourth-order valence-electron chi connectivity index (χ4n) is 5.66. The van der Waals surface area contributed by atoms with Gasteiger partial charge in [0.25, 0.3) is 5.91 Å². The minimum Gasteiger partial charge on any atom is -0.322 e. The van der Waals surface area contributed by atoms with Crippen LogP contribution >= 0.6 is 0 Å². The molecule has 2 N–H and O–H groups in total. The zero-order valence-electron chi connectivity index (χ0n) is 24.8. The van der Waals surface area contributed by atoms with Gasteiger partial charge in [0, 0.05) is 67.4 Å². The molecule has 0 spiro atoms. The van der Waals surface area contributed by atoms with Crippen molar-refractivity contribution < 1.29 is 22.8 Å². The molecule has 1 saturated carbocycles. The van der Waals surface area contributed by atoms with Gasteiger partial charge < -0.3 is 15.5 Å². The molecule has 1 saturated heterocycles. The summed E-state index contributed by atoms with van der Waals surface area (Å²) >= 11 is 0.